The second-order valence-electron chi connectivity index (χ2n) is 4.55. The Labute approximate surface area is 100 Å². The number of carbonyl (C=O) groups is 1. The molecule has 3 N–H and O–H groups in total. The Morgan fingerprint density at radius 2 is 2.29 bits per heavy atom. The van der Waals surface area contributed by atoms with Crippen molar-refractivity contribution in [1.29, 1.82) is 0 Å². The van der Waals surface area contributed by atoms with E-state index in [4.69, 9.17) is 5.73 Å². The number of carbonyl (C=O) groups excluding carboxylic acids is 1. The van der Waals surface area contributed by atoms with Crippen molar-refractivity contribution in [3.8, 4) is 0 Å². The first-order valence-corrected chi connectivity index (χ1v) is 5.93. The molecule has 1 atom stereocenters. The Morgan fingerprint density at radius 3 is 2.88 bits per heavy atom. The van der Waals surface area contributed by atoms with Crippen LogP contribution in [0.15, 0.2) is 24.3 Å². The first kappa shape index (κ1) is 12.0. The van der Waals surface area contributed by atoms with Crippen LogP contribution >= 0.6 is 0 Å². The first-order valence-electron chi connectivity index (χ1n) is 5.93. The quantitative estimate of drug-likeness (QED) is 0.807. The van der Waals surface area contributed by atoms with Gasteiger partial charge in [0.05, 0.1) is 6.42 Å². The molecule has 17 heavy (non-hydrogen) atoms. The van der Waals surface area contributed by atoms with Crippen LogP contribution in [0.25, 0.3) is 0 Å². The molecule has 1 saturated carbocycles. The Balaban J connectivity index is 1.88. The van der Waals surface area contributed by atoms with Crippen LogP contribution in [0.5, 0.6) is 0 Å². The molecule has 0 radical (unpaired) electrons. The maximum absolute atomic E-state index is 12.9. The molecule has 1 aromatic rings. The highest BCUT2D eigenvalue weighted by molar-refractivity contribution is 5.78. The molecule has 1 aliphatic carbocycles. The zero-order valence-electron chi connectivity index (χ0n) is 9.66. The summed E-state index contributed by atoms with van der Waals surface area (Å²) in [7, 11) is 0. The van der Waals surface area contributed by atoms with Gasteiger partial charge in [-0.15, -0.1) is 0 Å². The summed E-state index contributed by atoms with van der Waals surface area (Å²) >= 11 is 0. The monoisotopic (exact) mass is 236 g/mol. The molecule has 1 aromatic carbocycles. The Kier molecular flexibility index (Phi) is 3.74. The van der Waals surface area contributed by atoms with E-state index in [0.717, 1.165) is 12.8 Å². The number of hydrogen-bond acceptors (Lipinski definition) is 2. The molecule has 0 spiro atoms. The van der Waals surface area contributed by atoms with Gasteiger partial charge in [-0.05, 0) is 36.5 Å². The molecule has 0 aromatic heterocycles. The van der Waals surface area contributed by atoms with Crippen molar-refractivity contribution < 1.29 is 9.18 Å². The number of halogens is 1. The molecule has 1 unspecified atom stereocenters. The summed E-state index contributed by atoms with van der Waals surface area (Å²) in [4.78, 5) is 11.7. The lowest BCUT2D eigenvalue weighted by Crippen LogP contribution is -2.42. The van der Waals surface area contributed by atoms with Gasteiger partial charge >= 0.3 is 0 Å². The van der Waals surface area contributed by atoms with Gasteiger partial charge in [0.15, 0.2) is 0 Å². The maximum Gasteiger partial charge on any atom is 0.224 e. The molecule has 3 nitrogen and oxygen atoms in total. The van der Waals surface area contributed by atoms with Gasteiger partial charge in [0, 0.05) is 12.6 Å². The molecule has 2 rings (SSSR count). The zero-order valence-corrected chi connectivity index (χ0v) is 9.66. The lowest BCUT2D eigenvalue weighted by molar-refractivity contribution is -0.121. The Morgan fingerprint density at radius 1 is 1.53 bits per heavy atom. The molecule has 1 fully saturated rings. The SMILES string of the molecule is NCC(NC(=O)Cc1cccc(F)c1)C1CC1. The summed E-state index contributed by atoms with van der Waals surface area (Å²) in [5.41, 5.74) is 6.29. The average molecular weight is 236 g/mol. The summed E-state index contributed by atoms with van der Waals surface area (Å²) < 4.78 is 12.9. The van der Waals surface area contributed by atoms with Crippen molar-refractivity contribution >= 4 is 5.91 Å². The largest absolute Gasteiger partial charge is 0.352 e. The van der Waals surface area contributed by atoms with Gasteiger partial charge in [0.25, 0.3) is 0 Å². The van der Waals surface area contributed by atoms with Crippen LogP contribution < -0.4 is 11.1 Å². The van der Waals surface area contributed by atoms with E-state index in [1.54, 1.807) is 12.1 Å². The highest BCUT2D eigenvalue weighted by Gasteiger charge is 2.31. The van der Waals surface area contributed by atoms with Crippen molar-refractivity contribution in [2.45, 2.75) is 25.3 Å². The molecular weight excluding hydrogens is 219 g/mol. The topological polar surface area (TPSA) is 55.1 Å². The molecular formula is C13H17FN2O. The minimum absolute atomic E-state index is 0.0797. The summed E-state index contributed by atoms with van der Waals surface area (Å²) in [5, 5.41) is 2.91. The number of rotatable bonds is 5. The second kappa shape index (κ2) is 5.27. The standard InChI is InChI=1S/C13H17FN2O/c14-11-3-1-2-9(6-11)7-13(17)16-12(8-15)10-4-5-10/h1-3,6,10,12H,4-5,7-8,15H2,(H,16,17). The third-order valence-corrected chi connectivity index (χ3v) is 3.05. The average Bonchev–Trinajstić information content (AvgIpc) is 3.09. The van der Waals surface area contributed by atoms with Crippen LogP contribution in [0.1, 0.15) is 18.4 Å². The van der Waals surface area contributed by atoms with Gasteiger partial charge in [-0.25, -0.2) is 4.39 Å². The number of benzene rings is 1. The Bertz CT molecular complexity index is 404. The van der Waals surface area contributed by atoms with E-state index >= 15 is 0 Å². The van der Waals surface area contributed by atoms with Crippen LogP contribution in [0.4, 0.5) is 4.39 Å². The predicted octanol–water partition coefficient (Wildman–Crippen LogP) is 1.22. The van der Waals surface area contributed by atoms with Crippen molar-refractivity contribution in [1.82, 2.24) is 5.32 Å². The lowest BCUT2D eigenvalue weighted by Gasteiger charge is -2.15. The van der Waals surface area contributed by atoms with E-state index in [2.05, 4.69) is 5.32 Å². The number of amides is 1. The number of nitrogens with one attached hydrogen (secondary N) is 1. The lowest BCUT2D eigenvalue weighted by atomic mass is 10.1. The minimum Gasteiger partial charge on any atom is -0.352 e. The number of nitrogens with two attached hydrogens (primary N) is 1. The van der Waals surface area contributed by atoms with Gasteiger partial charge in [0.2, 0.25) is 5.91 Å². The zero-order chi connectivity index (χ0) is 12.3. The molecule has 1 aliphatic rings. The summed E-state index contributed by atoms with van der Waals surface area (Å²) in [6.07, 6.45) is 2.49. The van der Waals surface area contributed by atoms with Gasteiger partial charge in [-0.2, -0.15) is 0 Å². The van der Waals surface area contributed by atoms with Crippen molar-refractivity contribution in [3.63, 3.8) is 0 Å². The van der Waals surface area contributed by atoms with Crippen LogP contribution in [0, 0.1) is 11.7 Å². The van der Waals surface area contributed by atoms with E-state index in [0.29, 0.717) is 18.0 Å². The van der Waals surface area contributed by atoms with E-state index in [9.17, 15) is 9.18 Å². The smallest absolute Gasteiger partial charge is 0.224 e. The number of hydrogen-bond donors (Lipinski definition) is 2. The normalized spacial score (nSPS) is 16.6. The highest BCUT2D eigenvalue weighted by atomic mass is 19.1. The van der Waals surface area contributed by atoms with E-state index in [-0.39, 0.29) is 24.2 Å². The fourth-order valence-electron chi connectivity index (χ4n) is 1.96. The minimum atomic E-state index is -0.312. The molecule has 0 heterocycles. The maximum atomic E-state index is 12.9. The van der Waals surface area contributed by atoms with E-state index < -0.39 is 0 Å². The van der Waals surface area contributed by atoms with Crippen LogP contribution in [-0.2, 0) is 11.2 Å². The molecule has 4 heteroatoms. The van der Waals surface area contributed by atoms with Gasteiger partial charge in [-0.1, -0.05) is 12.1 Å². The third-order valence-electron chi connectivity index (χ3n) is 3.05. The summed E-state index contributed by atoms with van der Waals surface area (Å²) in [6, 6.07) is 6.19. The first-order chi connectivity index (χ1) is 8.19. The molecule has 0 bridgehead atoms. The van der Waals surface area contributed by atoms with Crippen LogP contribution in [0.3, 0.4) is 0 Å². The highest BCUT2D eigenvalue weighted by Crippen LogP contribution is 2.32. The molecule has 92 valence electrons. The van der Waals surface area contributed by atoms with Crippen molar-refractivity contribution in [2.24, 2.45) is 11.7 Å². The van der Waals surface area contributed by atoms with Crippen LogP contribution in [-0.4, -0.2) is 18.5 Å². The fourth-order valence-corrected chi connectivity index (χ4v) is 1.96. The third kappa shape index (κ3) is 3.53. The van der Waals surface area contributed by atoms with Gasteiger partial charge in [-0.3, -0.25) is 4.79 Å². The Hall–Kier alpha value is -1.42. The van der Waals surface area contributed by atoms with E-state index in [1.807, 2.05) is 0 Å². The summed E-state index contributed by atoms with van der Waals surface area (Å²) in [6.45, 7) is 0.472. The van der Waals surface area contributed by atoms with Crippen molar-refractivity contribution in [2.75, 3.05) is 6.54 Å². The molecule has 0 aliphatic heterocycles. The predicted molar refractivity (Wildman–Crippen MR) is 63.8 cm³/mol. The van der Waals surface area contributed by atoms with E-state index in [1.165, 1.54) is 12.1 Å². The molecule has 0 saturated heterocycles. The van der Waals surface area contributed by atoms with Gasteiger partial charge < -0.3 is 11.1 Å². The second-order valence-corrected chi connectivity index (χ2v) is 4.55. The molecule has 1 amide bonds. The van der Waals surface area contributed by atoms with Gasteiger partial charge in [0.1, 0.15) is 5.82 Å². The van der Waals surface area contributed by atoms with Crippen LogP contribution in [0.2, 0.25) is 0 Å². The fraction of sp³-hybridized carbons (Fsp3) is 0.462. The van der Waals surface area contributed by atoms with Crippen molar-refractivity contribution in [3.05, 3.63) is 35.6 Å². The summed E-state index contributed by atoms with van der Waals surface area (Å²) in [5.74, 6) is 0.141.